The van der Waals surface area contributed by atoms with E-state index in [4.69, 9.17) is 4.74 Å². The number of benzene rings is 1. The molecule has 1 saturated heterocycles. The quantitative estimate of drug-likeness (QED) is 0.662. The Morgan fingerprint density at radius 1 is 1.22 bits per heavy atom. The number of ether oxygens (including phenoxy) is 1. The molecular weight excluding hydrogens is 294 g/mol. The van der Waals surface area contributed by atoms with Crippen LogP contribution in [-0.4, -0.2) is 47.1 Å². The van der Waals surface area contributed by atoms with Crippen molar-refractivity contribution in [2.45, 2.75) is 6.92 Å². The van der Waals surface area contributed by atoms with Gasteiger partial charge in [-0.3, -0.25) is 5.43 Å². The van der Waals surface area contributed by atoms with Crippen LogP contribution in [0.2, 0.25) is 0 Å². The van der Waals surface area contributed by atoms with Crippen LogP contribution in [0.15, 0.2) is 41.8 Å². The zero-order valence-corrected chi connectivity index (χ0v) is 12.9. The third-order valence-corrected chi connectivity index (χ3v) is 3.61. The van der Waals surface area contributed by atoms with Gasteiger partial charge < -0.3 is 14.7 Å². The summed E-state index contributed by atoms with van der Waals surface area (Å²) >= 11 is 0. The minimum atomic E-state index is 0.237. The van der Waals surface area contributed by atoms with Gasteiger partial charge in [0.25, 0.3) is 0 Å². The van der Waals surface area contributed by atoms with Gasteiger partial charge in [0.15, 0.2) is 5.82 Å². The Morgan fingerprint density at radius 3 is 2.70 bits per heavy atom. The number of hydrogen-bond acceptors (Lipinski definition) is 7. The van der Waals surface area contributed by atoms with Crippen molar-refractivity contribution in [1.29, 1.82) is 0 Å². The van der Waals surface area contributed by atoms with E-state index in [0.29, 0.717) is 19.0 Å². The number of hydrazone groups is 1. The lowest BCUT2D eigenvalue weighted by atomic mass is 10.1. The number of aromatic nitrogens is 2. The fourth-order valence-electron chi connectivity index (χ4n) is 2.28. The van der Waals surface area contributed by atoms with Crippen LogP contribution in [0, 0.1) is 0 Å². The standard InChI is InChI=1S/C16H19N5O2/c1-12(13-2-4-14(22)5-3-13)19-20-15-10-16(18-11-17-15)21-6-8-23-9-7-21/h2-5,10-11,22H,6-9H2,1H3,(H,17,18,20)/b19-12-. The molecule has 0 radical (unpaired) electrons. The Balaban J connectivity index is 1.70. The van der Waals surface area contributed by atoms with Crippen LogP contribution < -0.4 is 10.3 Å². The van der Waals surface area contributed by atoms with Crippen molar-refractivity contribution in [1.82, 2.24) is 9.97 Å². The summed E-state index contributed by atoms with van der Waals surface area (Å²) in [5.41, 5.74) is 4.68. The van der Waals surface area contributed by atoms with E-state index in [0.717, 1.165) is 30.2 Å². The summed E-state index contributed by atoms with van der Waals surface area (Å²) in [6.45, 7) is 4.97. The highest BCUT2D eigenvalue weighted by Crippen LogP contribution is 2.16. The van der Waals surface area contributed by atoms with Crippen LogP contribution in [0.25, 0.3) is 0 Å². The third kappa shape index (κ3) is 3.95. The van der Waals surface area contributed by atoms with Crippen LogP contribution >= 0.6 is 0 Å². The number of phenolic OH excluding ortho intramolecular Hbond substituents is 1. The van der Waals surface area contributed by atoms with Crippen molar-refractivity contribution >= 4 is 17.3 Å². The maximum atomic E-state index is 9.31. The molecular formula is C16H19N5O2. The maximum Gasteiger partial charge on any atom is 0.151 e. The largest absolute Gasteiger partial charge is 0.508 e. The summed E-state index contributed by atoms with van der Waals surface area (Å²) in [5.74, 6) is 1.74. The van der Waals surface area contributed by atoms with Crippen molar-refractivity contribution in [2.75, 3.05) is 36.6 Å². The van der Waals surface area contributed by atoms with E-state index < -0.39 is 0 Å². The van der Waals surface area contributed by atoms with Crippen LogP contribution in [0.4, 0.5) is 11.6 Å². The number of rotatable bonds is 4. The molecule has 1 fully saturated rings. The van der Waals surface area contributed by atoms with E-state index in [1.807, 2.05) is 25.1 Å². The smallest absolute Gasteiger partial charge is 0.151 e. The van der Waals surface area contributed by atoms with Gasteiger partial charge >= 0.3 is 0 Å². The second kappa shape index (κ2) is 7.06. The molecule has 0 saturated carbocycles. The van der Waals surface area contributed by atoms with Crippen molar-refractivity contribution in [3.05, 3.63) is 42.2 Å². The highest BCUT2D eigenvalue weighted by atomic mass is 16.5. The SMILES string of the molecule is C/C(=N/Nc1cc(N2CCOCC2)ncn1)c1ccc(O)cc1. The summed E-state index contributed by atoms with van der Waals surface area (Å²) in [7, 11) is 0. The van der Waals surface area contributed by atoms with Gasteiger partial charge in [0, 0.05) is 19.2 Å². The van der Waals surface area contributed by atoms with Gasteiger partial charge in [-0.05, 0) is 36.8 Å². The van der Waals surface area contributed by atoms with Crippen molar-refractivity contribution in [3.63, 3.8) is 0 Å². The fraction of sp³-hybridized carbons (Fsp3) is 0.312. The Morgan fingerprint density at radius 2 is 1.96 bits per heavy atom. The zero-order valence-electron chi connectivity index (χ0n) is 12.9. The number of hydrogen-bond donors (Lipinski definition) is 2. The van der Waals surface area contributed by atoms with Gasteiger partial charge in [0.1, 0.15) is 17.9 Å². The van der Waals surface area contributed by atoms with E-state index in [9.17, 15) is 5.11 Å². The zero-order chi connectivity index (χ0) is 16.1. The molecule has 2 N–H and O–H groups in total. The van der Waals surface area contributed by atoms with Gasteiger partial charge in [-0.15, -0.1) is 0 Å². The molecule has 0 bridgehead atoms. The van der Waals surface area contributed by atoms with Gasteiger partial charge in [-0.1, -0.05) is 0 Å². The average molecular weight is 313 g/mol. The minimum absolute atomic E-state index is 0.237. The number of nitrogens with zero attached hydrogens (tertiary/aromatic N) is 4. The maximum absolute atomic E-state index is 9.31. The predicted octanol–water partition coefficient (Wildman–Crippen LogP) is 1.85. The van der Waals surface area contributed by atoms with Gasteiger partial charge in [-0.25, -0.2) is 9.97 Å². The number of morpholine rings is 1. The molecule has 1 aromatic carbocycles. The molecule has 2 heterocycles. The topological polar surface area (TPSA) is 82.9 Å². The molecule has 3 rings (SSSR count). The molecule has 0 amide bonds. The first-order chi connectivity index (χ1) is 11.2. The molecule has 0 atom stereocenters. The number of anilines is 2. The Hall–Kier alpha value is -2.67. The second-order valence-corrected chi connectivity index (χ2v) is 5.22. The van der Waals surface area contributed by atoms with Crippen molar-refractivity contribution < 1.29 is 9.84 Å². The highest BCUT2D eigenvalue weighted by Gasteiger charge is 2.12. The first-order valence-corrected chi connectivity index (χ1v) is 7.47. The lowest BCUT2D eigenvalue weighted by molar-refractivity contribution is 0.122. The summed E-state index contributed by atoms with van der Waals surface area (Å²) in [6.07, 6.45) is 1.53. The van der Waals surface area contributed by atoms with Crippen molar-refractivity contribution in [2.24, 2.45) is 5.10 Å². The molecule has 1 aliphatic heterocycles. The lowest BCUT2D eigenvalue weighted by Gasteiger charge is -2.27. The Labute approximate surface area is 134 Å². The summed E-state index contributed by atoms with van der Waals surface area (Å²) in [5, 5.41) is 13.6. The first-order valence-electron chi connectivity index (χ1n) is 7.47. The molecule has 7 heteroatoms. The lowest BCUT2D eigenvalue weighted by Crippen LogP contribution is -2.36. The van der Waals surface area contributed by atoms with E-state index in [-0.39, 0.29) is 5.75 Å². The van der Waals surface area contributed by atoms with E-state index in [1.54, 1.807) is 12.1 Å². The Kier molecular flexibility index (Phi) is 4.68. The molecule has 1 aliphatic rings. The van der Waals surface area contributed by atoms with Crippen molar-refractivity contribution in [3.8, 4) is 5.75 Å². The van der Waals surface area contributed by atoms with Crippen LogP contribution in [0.1, 0.15) is 12.5 Å². The minimum Gasteiger partial charge on any atom is -0.508 e. The van der Waals surface area contributed by atoms with Gasteiger partial charge in [0.2, 0.25) is 0 Å². The molecule has 120 valence electrons. The first kappa shape index (κ1) is 15.2. The third-order valence-electron chi connectivity index (χ3n) is 3.61. The molecule has 2 aromatic rings. The normalized spacial score (nSPS) is 15.5. The predicted molar refractivity (Wildman–Crippen MR) is 89.0 cm³/mol. The molecule has 0 aliphatic carbocycles. The number of aromatic hydroxyl groups is 1. The number of nitrogens with one attached hydrogen (secondary N) is 1. The molecule has 23 heavy (non-hydrogen) atoms. The Bertz CT molecular complexity index is 681. The molecule has 0 spiro atoms. The summed E-state index contributed by atoms with van der Waals surface area (Å²) in [4.78, 5) is 10.6. The average Bonchev–Trinajstić information content (AvgIpc) is 2.61. The summed E-state index contributed by atoms with van der Waals surface area (Å²) < 4.78 is 5.35. The summed E-state index contributed by atoms with van der Waals surface area (Å²) in [6, 6.07) is 8.77. The van der Waals surface area contributed by atoms with E-state index >= 15 is 0 Å². The second-order valence-electron chi connectivity index (χ2n) is 5.22. The molecule has 7 nitrogen and oxygen atoms in total. The molecule has 0 unspecified atom stereocenters. The highest BCUT2D eigenvalue weighted by molar-refractivity contribution is 5.99. The fourth-order valence-corrected chi connectivity index (χ4v) is 2.28. The van der Waals surface area contributed by atoms with Crippen LogP contribution in [0.3, 0.4) is 0 Å². The van der Waals surface area contributed by atoms with E-state index in [1.165, 1.54) is 6.33 Å². The van der Waals surface area contributed by atoms with Gasteiger partial charge in [0.05, 0.1) is 18.9 Å². The van der Waals surface area contributed by atoms with Crippen LogP contribution in [0.5, 0.6) is 5.75 Å². The van der Waals surface area contributed by atoms with Crippen LogP contribution in [-0.2, 0) is 4.74 Å². The molecule has 1 aromatic heterocycles. The number of phenols is 1. The monoisotopic (exact) mass is 313 g/mol. The van der Waals surface area contributed by atoms with Gasteiger partial charge in [-0.2, -0.15) is 5.10 Å². The van der Waals surface area contributed by atoms with E-state index in [2.05, 4.69) is 25.4 Å².